The Labute approximate surface area is 85.7 Å². The van der Waals surface area contributed by atoms with Gasteiger partial charge in [-0.1, -0.05) is 0 Å². The number of pyridine rings is 1. The van der Waals surface area contributed by atoms with Gasteiger partial charge in [-0.2, -0.15) is 10.5 Å². The Morgan fingerprint density at radius 2 is 2.14 bits per heavy atom. The van der Waals surface area contributed by atoms with E-state index < -0.39 is 5.97 Å². The summed E-state index contributed by atoms with van der Waals surface area (Å²) >= 11 is 0. The van der Waals surface area contributed by atoms with Crippen LogP contribution in [0, 0.1) is 0 Å². The van der Waals surface area contributed by atoms with Crippen LogP contribution in [0.4, 0.5) is 0 Å². The molecule has 1 heterocycles. The second kappa shape index (κ2) is 4.37. The molecule has 1 atom stereocenters. The Hall–Kier alpha value is -1.16. The molecule has 14 heavy (non-hydrogen) atoms. The van der Waals surface area contributed by atoms with Gasteiger partial charge in [0.1, 0.15) is 0 Å². The number of carboxylic acid groups (broad SMARTS) is 1. The summed E-state index contributed by atoms with van der Waals surface area (Å²) < 4.78 is 0. The van der Waals surface area contributed by atoms with Crippen molar-refractivity contribution in [3.63, 3.8) is 0 Å². The van der Waals surface area contributed by atoms with Crippen LogP contribution >= 0.6 is 10.5 Å². The van der Waals surface area contributed by atoms with Crippen LogP contribution in [0.25, 0.3) is 0 Å². The summed E-state index contributed by atoms with van der Waals surface area (Å²) in [5.41, 5.74) is 0.166. The number of carboxylic acids is 1. The van der Waals surface area contributed by atoms with Gasteiger partial charge in [-0.05, 0) is 37.1 Å². The van der Waals surface area contributed by atoms with Gasteiger partial charge in [0.25, 0.3) is 0 Å². The van der Waals surface area contributed by atoms with Crippen molar-refractivity contribution in [2.45, 2.75) is 18.7 Å². The normalized spacial score (nSPS) is 12.2. The molecule has 0 aliphatic carbocycles. The molecule has 0 aliphatic heterocycles. The van der Waals surface area contributed by atoms with Gasteiger partial charge in [0.15, 0.2) is 5.69 Å². The van der Waals surface area contributed by atoms with Crippen molar-refractivity contribution < 1.29 is 9.90 Å². The number of hydrogen-bond acceptors (Lipinski definition) is 2. The molecule has 0 saturated heterocycles. The lowest BCUT2D eigenvalue weighted by molar-refractivity contribution is 0.0686. The minimum Gasteiger partial charge on any atom is -0.476 e. The summed E-state index contributed by atoms with van der Waals surface area (Å²) in [6.45, 7) is 4.00. The third-order valence-corrected chi connectivity index (χ3v) is 4.13. The summed E-state index contributed by atoms with van der Waals surface area (Å²) in [5, 5.41) is 8.93. The topological polar surface area (TPSA) is 50.2 Å². The molecule has 0 fully saturated rings. The number of aromatic carboxylic acids is 1. The first-order valence-electron chi connectivity index (χ1n) is 4.18. The van der Waals surface area contributed by atoms with E-state index in [1.807, 2.05) is 26.2 Å². The zero-order chi connectivity index (χ0) is 10.7. The largest absolute Gasteiger partial charge is 0.476 e. The quantitative estimate of drug-likeness (QED) is 0.763. The molecule has 0 amide bonds. The van der Waals surface area contributed by atoms with Gasteiger partial charge in [-0.25, -0.2) is 9.78 Å². The lowest BCUT2D eigenvalue weighted by atomic mass is 10.3. The fourth-order valence-corrected chi connectivity index (χ4v) is 2.17. The molecule has 0 spiro atoms. The Morgan fingerprint density at radius 3 is 2.64 bits per heavy atom. The SMILES string of the molecule is CC(C)=S(C)c1cccnc1C(=O)O. The average Bonchev–Trinajstić information content (AvgIpc) is 2.16. The van der Waals surface area contributed by atoms with Crippen LogP contribution in [0.1, 0.15) is 24.3 Å². The maximum Gasteiger partial charge on any atom is 0.355 e. The molecule has 1 aromatic heterocycles. The molecule has 4 heteroatoms. The molecule has 0 aromatic carbocycles. The predicted octanol–water partition coefficient (Wildman–Crippen LogP) is 2.25. The molecule has 76 valence electrons. The minimum atomic E-state index is -0.957. The number of carbonyl (C=O) groups is 1. The molecular weight excluding hydrogens is 198 g/mol. The molecule has 0 radical (unpaired) electrons. The van der Waals surface area contributed by atoms with Gasteiger partial charge < -0.3 is 5.11 Å². The van der Waals surface area contributed by atoms with Gasteiger partial charge in [0.05, 0.1) is 0 Å². The number of hydrogen-bond donors (Lipinski definition) is 1. The van der Waals surface area contributed by atoms with Crippen LogP contribution in [-0.4, -0.2) is 27.2 Å². The third-order valence-electron chi connectivity index (χ3n) is 1.92. The lowest BCUT2D eigenvalue weighted by Gasteiger charge is -2.08. The smallest absolute Gasteiger partial charge is 0.355 e. The van der Waals surface area contributed by atoms with Crippen LogP contribution in [0.2, 0.25) is 0 Å². The van der Waals surface area contributed by atoms with Gasteiger partial charge in [-0.15, -0.1) is 0 Å². The zero-order valence-corrected chi connectivity index (χ0v) is 9.26. The number of nitrogens with zero attached hydrogens (tertiary/aromatic N) is 1. The second-order valence-electron chi connectivity index (χ2n) is 3.07. The van der Waals surface area contributed by atoms with Crippen LogP contribution < -0.4 is 0 Å². The Balaban J connectivity index is 3.35. The summed E-state index contributed by atoms with van der Waals surface area (Å²) in [5.74, 6) is -0.957. The maximum atomic E-state index is 10.9. The van der Waals surface area contributed by atoms with Crippen molar-refractivity contribution in [2.24, 2.45) is 0 Å². The molecule has 0 aliphatic rings. The summed E-state index contributed by atoms with van der Waals surface area (Å²) in [6.07, 6.45) is 3.52. The molecule has 0 saturated carbocycles. The monoisotopic (exact) mass is 211 g/mol. The third kappa shape index (κ3) is 2.20. The van der Waals surface area contributed by atoms with Gasteiger partial charge >= 0.3 is 5.97 Å². The summed E-state index contributed by atoms with van der Waals surface area (Å²) in [7, 11) is -0.144. The Kier molecular flexibility index (Phi) is 3.41. The van der Waals surface area contributed by atoms with Crippen LogP contribution in [-0.2, 0) is 0 Å². The minimum absolute atomic E-state index is 0.144. The highest BCUT2D eigenvalue weighted by Gasteiger charge is 2.11. The van der Waals surface area contributed by atoms with Crippen LogP contribution in [0.5, 0.6) is 0 Å². The standard InChI is InChI=1S/C10H13NO2S/c1-7(2)14(3)8-5-4-6-11-9(8)10(12)13/h4-6H,1-3H3,(H,12,13). The van der Waals surface area contributed by atoms with E-state index in [2.05, 4.69) is 4.98 Å². The molecule has 0 bridgehead atoms. The fraction of sp³-hybridized carbons (Fsp3) is 0.300. The van der Waals surface area contributed by atoms with E-state index in [1.165, 1.54) is 11.1 Å². The van der Waals surface area contributed by atoms with Crippen LogP contribution in [0.15, 0.2) is 23.2 Å². The van der Waals surface area contributed by atoms with Crippen molar-refractivity contribution in [1.82, 2.24) is 4.98 Å². The fourth-order valence-electron chi connectivity index (χ4n) is 1.02. The van der Waals surface area contributed by atoms with Crippen molar-refractivity contribution in [2.75, 3.05) is 6.26 Å². The Bertz CT molecular complexity index is 395. The van der Waals surface area contributed by atoms with E-state index in [1.54, 1.807) is 6.07 Å². The van der Waals surface area contributed by atoms with Gasteiger partial charge in [-0.3, -0.25) is 0 Å². The predicted molar refractivity (Wildman–Crippen MR) is 59.3 cm³/mol. The maximum absolute atomic E-state index is 10.9. The first-order chi connectivity index (χ1) is 6.54. The van der Waals surface area contributed by atoms with Crippen molar-refractivity contribution in [1.29, 1.82) is 0 Å². The molecule has 1 aromatic rings. The summed E-state index contributed by atoms with van der Waals surface area (Å²) in [6, 6.07) is 3.60. The van der Waals surface area contributed by atoms with E-state index in [9.17, 15) is 4.79 Å². The highest BCUT2D eigenvalue weighted by Crippen LogP contribution is 2.26. The molecule has 1 rings (SSSR count). The van der Waals surface area contributed by atoms with Crippen molar-refractivity contribution >= 4 is 21.3 Å². The van der Waals surface area contributed by atoms with E-state index in [4.69, 9.17) is 5.11 Å². The molecule has 3 nitrogen and oxygen atoms in total. The zero-order valence-electron chi connectivity index (χ0n) is 8.44. The van der Waals surface area contributed by atoms with E-state index >= 15 is 0 Å². The van der Waals surface area contributed by atoms with Gasteiger partial charge in [0, 0.05) is 11.1 Å². The summed E-state index contributed by atoms with van der Waals surface area (Å²) in [4.78, 5) is 16.8. The number of rotatable bonds is 2. The lowest BCUT2D eigenvalue weighted by Crippen LogP contribution is -2.03. The first-order valence-corrected chi connectivity index (χ1v) is 5.81. The molecule has 1 N–H and O–H groups in total. The second-order valence-corrected chi connectivity index (χ2v) is 5.35. The molecule has 1 unspecified atom stereocenters. The Morgan fingerprint density at radius 1 is 1.50 bits per heavy atom. The van der Waals surface area contributed by atoms with E-state index in [0.717, 1.165) is 4.90 Å². The first kappa shape index (κ1) is 10.9. The van der Waals surface area contributed by atoms with Crippen molar-refractivity contribution in [3.05, 3.63) is 24.0 Å². The van der Waals surface area contributed by atoms with E-state index in [0.29, 0.717) is 0 Å². The average molecular weight is 211 g/mol. The van der Waals surface area contributed by atoms with Gasteiger partial charge in [0.2, 0.25) is 0 Å². The van der Waals surface area contributed by atoms with Crippen LogP contribution in [0.3, 0.4) is 0 Å². The van der Waals surface area contributed by atoms with Crippen molar-refractivity contribution in [3.8, 4) is 0 Å². The van der Waals surface area contributed by atoms with E-state index in [-0.39, 0.29) is 16.2 Å². The number of aromatic nitrogens is 1. The molecular formula is C10H13NO2S. The highest BCUT2D eigenvalue weighted by molar-refractivity contribution is 8.15. The highest BCUT2D eigenvalue weighted by atomic mass is 32.2.